The van der Waals surface area contributed by atoms with Gasteiger partial charge in [0.05, 0.1) is 0 Å². The van der Waals surface area contributed by atoms with Crippen molar-refractivity contribution in [3.8, 4) is 0 Å². The molecule has 1 fully saturated rings. The van der Waals surface area contributed by atoms with Crippen molar-refractivity contribution in [1.29, 1.82) is 0 Å². The second kappa shape index (κ2) is 4.42. The summed E-state index contributed by atoms with van der Waals surface area (Å²) in [5.41, 5.74) is 2.63. The van der Waals surface area contributed by atoms with Crippen LogP contribution < -0.4 is 5.43 Å². The largest absolute Gasteiger partial charge is 0.386 e. The molecule has 0 bridgehead atoms. The number of rotatable bonds is 2. The molecule has 1 saturated heterocycles. The molecule has 0 spiro atoms. The highest BCUT2D eigenvalue weighted by molar-refractivity contribution is 5.76. The third-order valence-electron chi connectivity index (χ3n) is 2.21. The Morgan fingerprint density at radius 2 is 2.17 bits per heavy atom. The second-order valence-corrected chi connectivity index (χ2v) is 3.36. The molecule has 4 nitrogen and oxygen atoms in total. The number of piperidine rings is 1. The molecule has 70 valence electrons. The maximum atomic E-state index is 10.8. The first-order valence-electron chi connectivity index (χ1n) is 4.37. The van der Waals surface area contributed by atoms with E-state index in [1.165, 1.54) is 0 Å². The zero-order valence-corrected chi connectivity index (χ0v) is 7.42. The average Bonchev–Trinajstić information content (AvgIpc) is 2.09. The third-order valence-corrected chi connectivity index (χ3v) is 2.21. The fraction of sp³-hybridized carbons (Fsp3) is 0.875. The van der Waals surface area contributed by atoms with Gasteiger partial charge in [0, 0.05) is 13.1 Å². The molecule has 1 amide bonds. The summed E-state index contributed by atoms with van der Waals surface area (Å²) >= 11 is 0. The SMILES string of the molecule is CC1CCN(NC(=O)CO)CC1. The van der Waals surface area contributed by atoms with Crippen LogP contribution in [0.4, 0.5) is 0 Å². The normalized spacial score (nSPS) is 20.8. The Balaban J connectivity index is 2.21. The predicted molar refractivity (Wildman–Crippen MR) is 45.2 cm³/mol. The average molecular weight is 172 g/mol. The molecule has 0 aliphatic carbocycles. The first-order valence-corrected chi connectivity index (χ1v) is 4.37. The first-order chi connectivity index (χ1) is 5.72. The summed E-state index contributed by atoms with van der Waals surface area (Å²) in [6, 6.07) is 0. The summed E-state index contributed by atoms with van der Waals surface area (Å²) in [6.07, 6.45) is 2.23. The molecule has 1 rings (SSSR count). The molecule has 1 heterocycles. The van der Waals surface area contributed by atoms with Crippen molar-refractivity contribution >= 4 is 5.91 Å². The van der Waals surface area contributed by atoms with Crippen molar-refractivity contribution < 1.29 is 9.90 Å². The fourth-order valence-electron chi connectivity index (χ4n) is 1.33. The number of amides is 1. The van der Waals surface area contributed by atoms with Gasteiger partial charge in [-0.3, -0.25) is 10.2 Å². The molecule has 0 radical (unpaired) electrons. The van der Waals surface area contributed by atoms with E-state index in [-0.39, 0.29) is 5.91 Å². The number of aliphatic hydroxyl groups excluding tert-OH is 1. The molecule has 12 heavy (non-hydrogen) atoms. The van der Waals surface area contributed by atoms with Crippen LogP contribution >= 0.6 is 0 Å². The molecule has 0 unspecified atom stereocenters. The van der Waals surface area contributed by atoms with Crippen molar-refractivity contribution in [3.63, 3.8) is 0 Å². The first kappa shape index (κ1) is 9.48. The van der Waals surface area contributed by atoms with E-state index in [1.807, 2.05) is 5.01 Å². The summed E-state index contributed by atoms with van der Waals surface area (Å²) in [7, 11) is 0. The number of aliphatic hydroxyl groups is 1. The van der Waals surface area contributed by atoms with E-state index in [0.29, 0.717) is 0 Å². The molecule has 0 aromatic rings. The minimum absolute atomic E-state index is 0.315. The zero-order valence-electron chi connectivity index (χ0n) is 7.42. The van der Waals surface area contributed by atoms with E-state index in [0.717, 1.165) is 31.8 Å². The van der Waals surface area contributed by atoms with Crippen molar-refractivity contribution in [2.24, 2.45) is 5.92 Å². The van der Waals surface area contributed by atoms with Gasteiger partial charge in [0.2, 0.25) is 0 Å². The summed E-state index contributed by atoms with van der Waals surface area (Å²) in [6.45, 7) is 3.58. The van der Waals surface area contributed by atoms with Crippen LogP contribution in [-0.4, -0.2) is 35.7 Å². The maximum Gasteiger partial charge on any atom is 0.259 e. The van der Waals surface area contributed by atoms with E-state index in [9.17, 15) is 4.79 Å². The quantitative estimate of drug-likeness (QED) is 0.603. The topological polar surface area (TPSA) is 52.6 Å². The van der Waals surface area contributed by atoms with E-state index < -0.39 is 6.61 Å². The van der Waals surface area contributed by atoms with Gasteiger partial charge in [-0.25, -0.2) is 5.01 Å². The zero-order chi connectivity index (χ0) is 8.97. The van der Waals surface area contributed by atoms with Gasteiger partial charge in [0.15, 0.2) is 0 Å². The molecule has 0 aromatic heterocycles. The van der Waals surface area contributed by atoms with Crippen molar-refractivity contribution in [2.45, 2.75) is 19.8 Å². The number of nitrogens with one attached hydrogen (secondary N) is 1. The minimum atomic E-state index is -0.425. The second-order valence-electron chi connectivity index (χ2n) is 3.36. The van der Waals surface area contributed by atoms with Crippen molar-refractivity contribution in [3.05, 3.63) is 0 Å². The molecule has 0 saturated carbocycles. The maximum absolute atomic E-state index is 10.8. The Morgan fingerprint density at radius 3 is 2.67 bits per heavy atom. The molecule has 0 aromatic carbocycles. The lowest BCUT2D eigenvalue weighted by atomic mass is 10.0. The Morgan fingerprint density at radius 1 is 1.58 bits per heavy atom. The molecular weight excluding hydrogens is 156 g/mol. The number of hydrogen-bond donors (Lipinski definition) is 2. The summed E-state index contributed by atoms with van der Waals surface area (Å²) < 4.78 is 0. The van der Waals surface area contributed by atoms with E-state index in [4.69, 9.17) is 5.11 Å². The van der Waals surface area contributed by atoms with Gasteiger partial charge in [-0.1, -0.05) is 6.92 Å². The van der Waals surface area contributed by atoms with Crippen LogP contribution in [-0.2, 0) is 4.79 Å². The molecule has 0 atom stereocenters. The number of hydrazine groups is 1. The van der Waals surface area contributed by atoms with E-state index in [1.54, 1.807) is 0 Å². The van der Waals surface area contributed by atoms with Crippen LogP contribution in [0.2, 0.25) is 0 Å². The van der Waals surface area contributed by atoms with E-state index >= 15 is 0 Å². The number of nitrogens with zero attached hydrogens (tertiary/aromatic N) is 1. The molecule has 2 N–H and O–H groups in total. The highest BCUT2D eigenvalue weighted by atomic mass is 16.3. The Bertz CT molecular complexity index is 153. The van der Waals surface area contributed by atoms with Crippen LogP contribution in [0.3, 0.4) is 0 Å². The lowest BCUT2D eigenvalue weighted by Gasteiger charge is -2.29. The Labute approximate surface area is 72.5 Å². The van der Waals surface area contributed by atoms with Gasteiger partial charge in [-0.2, -0.15) is 0 Å². The van der Waals surface area contributed by atoms with Gasteiger partial charge in [0.1, 0.15) is 6.61 Å². The third kappa shape index (κ3) is 2.79. The molecular formula is C8H16N2O2. The standard InChI is InChI=1S/C8H16N2O2/c1-7-2-4-10(5-3-7)9-8(12)6-11/h7,11H,2-6H2,1H3,(H,9,12). The van der Waals surface area contributed by atoms with Crippen LogP contribution in [0.15, 0.2) is 0 Å². The van der Waals surface area contributed by atoms with Gasteiger partial charge in [-0.15, -0.1) is 0 Å². The fourth-order valence-corrected chi connectivity index (χ4v) is 1.33. The highest BCUT2D eigenvalue weighted by Gasteiger charge is 2.16. The minimum Gasteiger partial charge on any atom is -0.386 e. The van der Waals surface area contributed by atoms with Crippen LogP contribution in [0, 0.1) is 5.92 Å². The molecule has 1 aliphatic heterocycles. The van der Waals surface area contributed by atoms with Gasteiger partial charge >= 0.3 is 0 Å². The number of hydrogen-bond acceptors (Lipinski definition) is 3. The summed E-state index contributed by atoms with van der Waals surface area (Å²) in [5, 5.41) is 10.4. The monoisotopic (exact) mass is 172 g/mol. The van der Waals surface area contributed by atoms with Gasteiger partial charge in [-0.05, 0) is 18.8 Å². The Hall–Kier alpha value is -0.610. The highest BCUT2D eigenvalue weighted by Crippen LogP contribution is 2.13. The van der Waals surface area contributed by atoms with Crippen molar-refractivity contribution in [1.82, 2.24) is 10.4 Å². The summed E-state index contributed by atoms with van der Waals surface area (Å²) in [4.78, 5) is 10.8. The number of carbonyl (C=O) groups excluding carboxylic acids is 1. The summed E-state index contributed by atoms with van der Waals surface area (Å²) in [5.74, 6) is 0.442. The van der Waals surface area contributed by atoms with Crippen LogP contribution in [0.5, 0.6) is 0 Å². The predicted octanol–water partition coefficient (Wildman–Crippen LogP) is -0.258. The van der Waals surface area contributed by atoms with Crippen molar-refractivity contribution in [2.75, 3.05) is 19.7 Å². The number of carbonyl (C=O) groups is 1. The lowest BCUT2D eigenvalue weighted by Crippen LogP contribution is -2.47. The van der Waals surface area contributed by atoms with Crippen LogP contribution in [0.1, 0.15) is 19.8 Å². The smallest absolute Gasteiger partial charge is 0.259 e. The van der Waals surface area contributed by atoms with Crippen LogP contribution in [0.25, 0.3) is 0 Å². The van der Waals surface area contributed by atoms with E-state index in [2.05, 4.69) is 12.3 Å². The molecule has 4 heteroatoms. The lowest BCUT2D eigenvalue weighted by molar-refractivity contribution is -0.129. The molecule has 1 aliphatic rings. The van der Waals surface area contributed by atoms with Gasteiger partial charge < -0.3 is 5.11 Å². The Kier molecular flexibility index (Phi) is 3.49. The van der Waals surface area contributed by atoms with Gasteiger partial charge in [0.25, 0.3) is 5.91 Å².